The molecule has 0 saturated carbocycles. The van der Waals surface area contributed by atoms with E-state index in [1.807, 2.05) is 37.3 Å². The second-order valence-electron chi connectivity index (χ2n) is 13.4. The number of benzene rings is 3. The van der Waals surface area contributed by atoms with Gasteiger partial charge in [-0.1, -0.05) is 48.4 Å². The van der Waals surface area contributed by atoms with E-state index in [1.165, 1.54) is 32.1 Å². The zero-order valence-corrected chi connectivity index (χ0v) is 29.9. The Kier molecular flexibility index (Phi) is 12.0. The van der Waals surface area contributed by atoms with Crippen LogP contribution in [0.4, 0.5) is 0 Å². The van der Waals surface area contributed by atoms with Gasteiger partial charge in [0.25, 0.3) is 5.91 Å². The van der Waals surface area contributed by atoms with Gasteiger partial charge >= 0.3 is 0 Å². The lowest BCUT2D eigenvalue weighted by atomic mass is 9.91. The van der Waals surface area contributed by atoms with Crippen molar-refractivity contribution in [1.29, 1.82) is 5.26 Å². The third-order valence-corrected chi connectivity index (χ3v) is 10.2. The first-order chi connectivity index (χ1) is 24.4. The maximum atomic E-state index is 13.2. The number of amides is 1. The molecular formula is C41H46ClN5O3. The molecule has 0 unspecified atom stereocenters. The predicted octanol–water partition coefficient (Wildman–Crippen LogP) is 7.86. The van der Waals surface area contributed by atoms with Crippen LogP contribution < -0.4 is 14.8 Å². The van der Waals surface area contributed by atoms with Crippen LogP contribution >= 0.6 is 11.6 Å². The molecule has 2 aliphatic rings. The molecule has 1 N–H and O–H groups in total. The van der Waals surface area contributed by atoms with Crippen molar-refractivity contribution in [3.8, 4) is 28.7 Å². The highest BCUT2D eigenvalue weighted by atomic mass is 35.5. The van der Waals surface area contributed by atoms with Crippen LogP contribution in [0.15, 0.2) is 67.0 Å². The predicted molar refractivity (Wildman–Crippen MR) is 198 cm³/mol. The number of piperidine rings is 1. The van der Waals surface area contributed by atoms with E-state index in [1.54, 1.807) is 18.5 Å². The van der Waals surface area contributed by atoms with Gasteiger partial charge in [-0.3, -0.25) is 14.7 Å². The first-order valence-electron chi connectivity index (χ1n) is 17.7. The van der Waals surface area contributed by atoms with Crippen LogP contribution in [0, 0.1) is 25.2 Å². The van der Waals surface area contributed by atoms with Crippen LogP contribution in [0.2, 0.25) is 5.02 Å². The number of carbonyl (C=O) groups excluding carboxylic acids is 1. The summed E-state index contributed by atoms with van der Waals surface area (Å²) in [4.78, 5) is 22.2. The number of hydrogen-bond acceptors (Lipinski definition) is 7. The molecule has 0 bridgehead atoms. The Labute approximate surface area is 301 Å². The molecule has 1 amide bonds. The maximum Gasteiger partial charge on any atom is 0.251 e. The van der Waals surface area contributed by atoms with Crippen molar-refractivity contribution in [2.24, 2.45) is 0 Å². The fraction of sp³-hybridized carbons (Fsp3) is 0.390. The summed E-state index contributed by atoms with van der Waals surface area (Å²) in [5.41, 5.74) is 8.17. The normalized spacial score (nSPS) is 15.1. The SMILES string of the molecule is Cc1c(COc2cc(OCc3cncc(C#N)c3)c(CN3CCCCC3)cc2Cl)cccc1-c1cccc(C(=O)NCCN2CCCC2)c1C. The highest BCUT2D eigenvalue weighted by molar-refractivity contribution is 6.32. The van der Waals surface area contributed by atoms with Crippen LogP contribution in [0.5, 0.6) is 11.5 Å². The first kappa shape index (κ1) is 35.4. The molecule has 0 radical (unpaired) electrons. The summed E-state index contributed by atoms with van der Waals surface area (Å²) in [6, 6.07) is 19.9. The van der Waals surface area contributed by atoms with Crippen molar-refractivity contribution in [3.05, 3.63) is 111 Å². The lowest BCUT2D eigenvalue weighted by Gasteiger charge is -2.27. The van der Waals surface area contributed by atoms with Crippen molar-refractivity contribution >= 4 is 17.5 Å². The Morgan fingerprint density at radius 2 is 1.54 bits per heavy atom. The Morgan fingerprint density at radius 1 is 0.840 bits per heavy atom. The molecule has 2 aliphatic heterocycles. The molecule has 2 saturated heterocycles. The highest BCUT2D eigenvalue weighted by Crippen LogP contribution is 2.36. The Hall–Kier alpha value is -4.42. The summed E-state index contributed by atoms with van der Waals surface area (Å²) >= 11 is 6.86. The lowest BCUT2D eigenvalue weighted by Crippen LogP contribution is -2.33. The number of nitrogens with zero attached hydrogens (tertiary/aromatic N) is 4. The Balaban J connectivity index is 1.18. The standard InChI is InChI=1S/C41H46ClN5O3/c1-29-33(10-8-11-35(29)36-12-9-13-37(30(36)2)41(48)45-14-19-46-15-6-7-16-46)28-50-40-22-39(49-27-32-20-31(23-43)24-44-25-32)34(21-38(40)42)26-47-17-4-3-5-18-47/h8-13,20-22,24-25H,3-7,14-19,26-28H2,1-2H3,(H,45,48). The number of aromatic nitrogens is 1. The molecule has 1 aromatic heterocycles. The second-order valence-corrected chi connectivity index (χ2v) is 13.8. The summed E-state index contributed by atoms with van der Waals surface area (Å²) < 4.78 is 12.8. The minimum atomic E-state index is -0.0360. The number of hydrogen-bond donors (Lipinski definition) is 1. The Morgan fingerprint density at radius 3 is 2.32 bits per heavy atom. The number of carbonyl (C=O) groups is 1. The van der Waals surface area contributed by atoms with Crippen LogP contribution in [-0.2, 0) is 19.8 Å². The molecule has 0 atom stereocenters. The van der Waals surface area contributed by atoms with E-state index in [-0.39, 0.29) is 12.5 Å². The van der Waals surface area contributed by atoms with Crippen LogP contribution in [0.3, 0.4) is 0 Å². The van der Waals surface area contributed by atoms with Gasteiger partial charge in [-0.15, -0.1) is 0 Å². The fourth-order valence-corrected chi connectivity index (χ4v) is 7.22. The summed E-state index contributed by atoms with van der Waals surface area (Å²) in [7, 11) is 0. The second kappa shape index (κ2) is 17.0. The number of nitriles is 1. The molecule has 260 valence electrons. The summed E-state index contributed by atoms with van der Waals surface area (Å²) in [5.74, 6) is 1.21. The van der Waals surface area contributed by atoms with E-state index in [0.717, 1.165) is 78.2 Å². The van der Waals surface area contributed by atoms with E-state index in [9.17, 15) is 10.1 Å². The van der Waals surface area contributed by atoms with Gasteiger partial charge in [0.05, 0.1) is 10.6 Å². The molecule has 6 rings (SSSR count). The van der Waals surface area contributed by atoms with Crippen molar-refractivity contribution in [3.63, 3.8) is 0 Å². The van der Waals surface area contributed by atoms with Gasteiger partial charge in [-0.2, -0.15) is 5.26 Å². The minimum Gasteiger partial charge on any atom is -0.488 e. The molecule has 0 aliphatic carbocycles. The number of halogens is 1. The monoisotopic (exact) mass is 691 g/mol. The van der Waals surface area contributed by atoms with Crippen molar-refractivity contribution in [2.45, 2.75) is 65.7 Å². The van der Waals surface area contributed by atoms with E-state index < -0.39 is 0 Å². The zero-order valence-electron chi connectivity index (χ0n) is 29.1. The largest absolute Gasteiger partial charge is 0.488 e. The van der Waals surface area contributed by atoms with Crippen LogP contribution in [0.1, 0.15) is 75.8 Å². The van der Waals surface area contributed by atoms with Gasteiger partial charge in [-0.25, -0.2) is 0 Å². The minimum absolute atomic E-state index is 0.0360. The summed E-state index contributed by atoms with van der Waals surface area (Å²) in [5, 5.41) is 13.0. The summed E-state index contributed by atoms with van der Waals surface area (Å²) in [6.45, 7) is 11.3. The van der Waals surface area contributed by atoms with E-state index in [4.69, 9.17) is 21.1 Å². The molecule has 3 heterocycles. The average Bonchev–Trinajstić information content (AvgIpc) is 3.66. The van der Waals surface area contributed by atoms with E-state index in [2.05, 4.69) is 51.3 Å². The molecule has 50 heavy (non-hydrogen) atoms. The van der Waals surface area contributed by atoms with Gasteiger partial charge in [0.2, 0.25) is 0 Å². The molecular weight excluding hydrogens is 646 g/mol. The van der Waals surface area contributed by atoms with E-state index >= 15 is 0 Å². The van der Waals surface area contributed by atoms with Gasteiger partial charge < -0.3 is 19.7 Å². The molecule has 2 fully saturated rings. The average molecular weight is 692 g/mol. The van der Waals surface area contributed by atoms with Gasteiger partial charge in [-0.05, 0) is 112 Å². The first-order valence-corrected chi connectivity index (χ1v) is 18.1. The number of nitrogens with one attached hydrogen (secondary N) is 1. The highest BCUT2D eigenvalue weighted by Gasteiger charge is 2.19. The van der Waals surface area contributed by atoms with Gasteiger partial charge in [0, 0.05) is 54.8 Å². The molecule has 4 aromatic rings. The van der Waals surface area contributed by atoms with Crippen LogP contribution in [-0.4, -0.2) is 60.0 Å². The third-order valence-electron chi connectivity index (χ3n) is 9.89. The van der Waals surface area contributed by atoms with E-state index in [0.29, 0.717) is 40.8 Å². The zero-order chi connectivity index (χ0) is 34.9. The summed E-state index contributed by atoms with van der Waals surface area (Å²) in [6.07, 6.45) is 9.37. The van der Waals surface area contributed by atoms with Gasteiger partial charge in [0.1, 0.15) is 30.8 Å². The topological polar surface area (TPSA) is 90.7 Å². The number of ether oxygens (including phenoxy) is 2. The van der Waals surface area contributed by atoms with Crippen molar-refractivity contribution in [2.75, 3.05) is 39.3 Å². The van der Waals surface area contributed by atoms with Crippen molar-refractivity contribution in [1.82, 2.24) is 20.1 Å². The molecule has 3 aromatic carbocycles. The number of likely N-dealkylation sites (tertiary alicyclic amines) is 2. The quantitative estimate of drug-likeness (QED) is 0.153. The third kappa shape index (κ3) is 8.83. The smallest absolute Gasteiger partial charge is 0.251 e. The van der Waals surface area contributed by atoms with Crippen molar-refractivity contribution < 1.29 is 14.3 Å². The van der Waals surface area contributed by atoms with Crippen LogP contribution in [0.25, 0.3) is 11.1 Å². The number of pyridine rings is 1. The molecule has 8 nitrogen and oxygen atoms in total. The lowest BCUT2D eigenvalue weighted by molar-refractivity contribution is 0.0949. The molecule has 9 heteroatoms. The molecule has 0 spiro atoms. The van der Waals surface area contributed by atoms with Gasteiger partial charge in [0.15, 0.2) is 0 Å². The Bertz CT molecular complexity index is 1840. The fourth-order valence-electron chi connectivity index (χ4n) is 6.98. The number of rotatable bonds is 13. The maximum absolute atomic E-state index is 13.2.